The summed E-state index contributed by atoms with van der Waals surface area (Å²) in [6.07, 6.45) is -0.164. The first-order valence-corrected chi connectivity index (χ1v) is 9.58. The Kier molecular flexibility index (Phi) is 7.45. The van der Waals surface area contributed by atoms with Crippen molar-refractivity contribution in [3.05, 3.63) is 72.0 Å². The Labute approximate surface area is 179 Å². The summed E-state index contributed by atoms with van der Waals surface area (Å²) in [7, 11) is 2.98. The first kappa shape index (κ1) is 22.1. The predicted octanol–water partition coefficient (Wildman–Crippen LogP) is 4.95. The monoisotopic (exact) mass is 426 g/mol. The third-order valence-corrected chi connectivity index (χ3v) is 4.41. The van der Waals surface area contributed by atoms with Crippen LogP contribution in [0.15, 0.2) is 60.7 Å². The molecule has 0 aliphatic heterocycles. The van der Waals surface area contributed by atoms with E-state index >= 15 is 0 Å². The van der Waals surface area contributed by atoms with Gasteiger partial charge in [-0.05, 0) is 53.1 Å². The van der Waals surface area contributed by atoms with Crippen LogP contribution in [0.2, 0.25) is 0 Å². The van der Waals surface area contributed by atoms with Crippen molar-refractivity contribution >= 4 is 5.97 Å². The maximum atomic E-state index is 14.1. The fourth-order valence-electron chi connectivity index (χ4n) is 3.01. The molecule has 0 radical (unpaired) electrons. The van der Waals surface area contributed by atoms with Gasteiger partial charge in [-0.15, -0.1) is 0 Å². The van der Waals surface area contributed by atoms with E-state index in [2.05, 4.69) is 0 Å². The highest BCUT2D eigenvalue weighted by atomic mass is 19.1. The molecule has 0 spiro atoms. The number of rotatable bonds is 10. The van der Waals surface area contributed by atoms with Crippen molar-refractivity contribution in [2.75, 3.05) is 27.4 Å². The van der Waals surface area contributed by atoms with Crippen molar-refractivity contribution in [2.45, 2.75) is 6.42 Å². The number of carboxylic acid groups (broad SMARTS) is 1. The molecule has 31 heavy (non-hydrogen) atoms. The second kappa shape index (κ2) is 10.4. The molecule has 0 aliphatic rings. The van der Waals surface area contributed by atoms with E-state index in [1.165, 1.54) is 13.2 Å². The summed E-state index contributed by atoms with van der Waals surface area (Å²) in [6.45, 7) is 0.727. The molecule has 0 bridgehead atoms. The van der Waals surface area contributed by atoms with Gasteiger partial charge in [0.05, 0.1) is 20.1 Å². The molecule has 0 saturated carbocycles. The molecule has 0 amide bonds. The van der Waals surface area contributed by atoms with Gasteiger partial charge in [0, 0.05) is 13.2 Å². The van der Waals surface area contributed by atoms with Crippen molar-refractivity contribution in [3.63, 3.8) is 0 Å². The molecular formula is C24H23FO6. The zero-order chi connectivity index (χ0) is 22.2. The van der Waals surface area contributed by atoms with Crippen molar-refractivity contribution < 1.29 is 33.2 Å². The number of carboxylic acids is 1. The molecule has 0 aliphatic carbocycles. The molecule has 0 heterocycles. The van der Waals surface area contributed by atoms with Gasteiger partial charge in [0.15, 0.2) is 11.6 Å². The summed E-state index contributed by atoms with van der Waals surface area (Å²) >= 11 is 0. The first-order valence-electron chi connectivity index (χ1n) is 9.58. The Balaban J connectivity index is 1.85. The van der Waals surface area contributed by atoms with Crippen LogP contribution >= 0.6 is 0 Å². The minimum Gasteiger partial charge on any atom is -0.494 e. The normalized spacial score (nSPS) is 10.5. The number of carbonyl (C=O) groups is 1. The maximum absolute atomic E-state index is 14.1. The molecule has 162 valence electrons. The smallest absolute Gasteiger partial charge is 0.307 e. The molecule has 0 unspecified atom stereocenters. The van der Waals surface area contributed by atoms with Gasteiger partial charge in [0.1, 0.15) is 23.9 Å². The molecular weight excluding hydrogens is 403 g/mol. The molecule has 3 aromatic rings. The van der Waals surface area contributed by atoms with E-state index in [9.17, 15) is 9.18 Å². The van der Waals surface area contributed by atoms with Crippen molar-refractivity contribution in [1.82, 2.24) is 0 Å². The minimum atomic E-state index is -0.955. The van der Waals surface area contributed by atoms with Crippen LogP contribution in [0.1, 0.15) is 5.56 Å². The van der Waals surface area contributed by atoms with Gasteiger partial charge >= 0.3 is 5.97 Å². The summed E-state index contributed by atoms with van der Waals surface area (Å²) in [6, 6.07) is 16.9. The van der Waals surface area contributed by atoms with Gasteiger partial charge in [-0.1, -0.05) is 18.2 Å². The second-order valence-corrected chi connectivity index (χ2v) is 6.70. The van der Waals surface area contributed by atoms with Crippen molar-refractivity contribution in [1.29, 1.82) is 0 Å². The molecule has 0 aromatic heterocycles. The van der Waals surface area contributed by atoms with Gasteiger partial charge in [-0.25, -0.2) is 4.39 Å². The minimum absolute atomic E-state index is 0.164. The third-order valence-electron chi connectivity index (χ3n) is 4.41. The number of halogens is 1. The Hall–Kier alpha value is -3.58. The zero-order valence-electron chi connectivity index (χ0n) is 17.3. The highest BCUT2D eigenvalue weighted by Gasteiger charge is 2.10. The van der Waals surface area contributed by atoms with Gasteiger partial charge in [-0.2, -0.15) is 0 Å². The topological polar surface area (TPSA) is 74.2 Å². The average Bonchev–Trinajstić information content (AvgIpc) is 2.73. The van der Waals surface area contributed by atoms with Crippen LogP contribution in [0, 0.1) is 5.82 Å². The largest absolute Gasteiger partial charge is 0.494 e. The highest BCUT2D eigenvalue weighted by Crippen LogP contribution is 2.32. The van der Waals surface area contributed by atoms with Crippen LogP contribution in [-0.4, -0.2) is 38.5 Å². The lowest BCUT2D eigenvalue weighted by atomic mass is 10.1. The van der Waals surface area contributed by atoms with E-state index in [1.54, 1.807) is 55.6 Å². The van der Waals surface area contributed by atoms with E-state index in [0.717, 1.165) is 5.56 Å². The fourth-order valence-corrected chi connectivity index (χ4v) is 3.01. The standard InChI is InChI=1S/C24H23FO6/c1-28-8-9-30-20-10-16(12-24(26)27)11-21(15-20)31-19-5-3-4-17(13-19)18-6-7-23(29-2)22(25)14-18/h3-7,10-11,13-15H,8-9,12H2,1-2H3,(H,26,27). The molecule has 3 aromatic carbocycles. The Morgan fingerprint density at radius 3 is 2.39 bits per heavy atom. The van der Waals surface area contributed by atoms with Crippen LogP contribution < -0.4 is 14.2 Å². The number of hydrogen-bond acceptors (Lipinski definition) is 5. The Morgan fingerprint density at radius 1 is 0.903 bits per heavy atom. The quantitative estimate of drug-likeness (QED) is 0.463. The number of methoxy groups -OCH3 is 2. The van der Waals surface area contributed by atoms with Gasteiger partial charge in [0.2, 0.25) is 0 Å². The van der Waals surface area contributed by atoms with Crippen molar-refractivity contribution in [3.8, 4) is 34.1 Å². The van der Waals surface area contributed by atoms with E-state index in [4.69, 9.17) is 24.1 Å². The molecule has 7 heteroatoms. The average molecular weight is 426 g/mol. The van der Waals surface area contributed by atoms with E-state index in [0.29, 0.717) is 41.6 Å². The molecule has 0 atom stereocenters. The van der Waals surface area contributed by atoms with E-state index < -0.39 is 11.8 Å². The third kappa shape index (κ3) is 6.20. The maximum Gasteiger partial charge on any atom is 0.307 e. The lowest BCUT2D eigenvalue weighted by molar-refractivity contribution is -0.136. The predicted molar refractivity (Wildman–Crippen MR) is 114 cm³/mol. The van der Waals surface area contributed by atoms with E-state index in [1.807, 2.05) is 6.07 Å². The molecule has 0 fully saturated rings. The molecule has 1 N–H and O–H groups in total. The summed E-state index contributed by atoms with van der Waals surface area (Å²) in [5.41, 5.74) is 1.98. The van der Waals surface area contributed by atoms with Gasteiger partial charge in [0.25, 0.3) is 0 Å². The van der Waals surface area contributed by atoms with Crippen LogP contribution in [-0.2, 0) is 16.0 Å². The lowest BCUT2D eigenvalue weighted by Crippen LogP contribution is -2.06. The summed E-state index contributed by atoms with van der Waals surface area (Å²) < 4.78 is 35.6. The fraction of sp³-hybridized carbons (Fsp3) is 0.208. The zero-order valence-corrected chi connectivity index (χ0v) is 17.3. The Morgan fingerprint density at radius 2 is 1.68 bits per heavy atom. The summed E-state index contributed by atoms with van der Waals surface area (Å²) in [5.74, 6) is 0.203. The number of aliphatic carboxylic acids is 1. The molecule has 6 nitrogen and oxygen atoms in total. The molecule has 0 saturated heterocycles. The van der Waals surface area contributed by atoms with Crippen LogP contribution in [0.4, 0.5) is 4.39 Å². The SMILES string of the molecule is COCCOc1cc(CC(=O)O)cc(Oc2cccc(-c3ccc(OC)c(F)c3)c2)c1. The highest BCUT2D eigenvalue weighted by molar-refractivity contribution is 5.71. The lowest BCUT2D eigenvalue weighted by Gasteiger charge is -2.12. The first-order chi connectivity index (χ1) is 15.0. The van der Waals surface area contributed by atoms with Gasteiger partial charge in [-0.3, -0.25) is 4.79 Å². The summed E-state index contributed by atoms with van der Waals surface area (Å²) in [4.78, 5) is 11.1. The van der Waals surface area contributed by atoms with E-state index in [-0.39, 0.29) is 12.2 Å². The second-order valence-electron chi connectivity index (χ2n) is 6.70. The van der Waals surface area contributed by atoms with Gasteiger partial charge < -0.3 is 24.1 Å². The number of hydrogen-bond donors (Lipinski definition) is 1. The van der Waals surface area contributed by atoms with Crippen LogP contribution in [0.25, 0.3) is 11.1 Å². The van der Waals surface area contributed by atoms with Crippen molar-refractivity contribution in [2.24, 2.45) is 0 Å². The molecule has 3 rings (SSSR count). The van der Waals surface area contributed by atoms with Crippen LogP contribution in [0.3, 0.4) is 0 Å². The van der Waals surface area contributed by atoms with Crippen LogP contribution in [0.5, 0.6) is 23.0 Å². The number of benzene rings is 3. The Bertz CT molecular complexity index is 1050. The number of ether oxygens (including phenoxy) is 4. The summed E-state index contributed by atoms with van der Waals surface area (Å²) in [5, 5.41) is 9.13.